The van der Waals surface area contributed by atoms with Gasteiger partial charge in [-0.2, -0.15) is 0 Å². The number of carboxylic acids is 1. The maximum absolute atomic E-state index is 11.1. The highest BCUT2D eigenvalue weighted by atomic mass is 16.5. The average molecular weight is 402 g/mol. The molecule has 0 fully saturated rings. The van der Waals surface area contributed by atoms with E-state index in [9.17, 15) is 4.79 Å². The van der Waals surface area contributed by atoms with Gasteiger partial charge in [-0.3, -0.25) is 4.79 Å². The van der Waals surface area contributed by atoms with Crippen molar-refractivity contribution in [2.75, 3.05) is 14.2 Å². The first-order valence-electron chi connectivity index (χ1n) is 9.91. The second kappa shape index (κ2) is 10.3. The molecule has 0 aliphatic heterocycles. The first-order chi connectivity index (χ1) is 14.6. The van der Waals surface area contributed by atoms with Crippen molar-refractivity contribution >= 4 is 17.1 Å². The van der Waals surface area contributed by atoms with Gasteiger partial charge in [-0.25, -0.2) is 0 Å². The first-order valence-corrected chi connectivity index (χ1v) is 9.91. The molecule has 0 saturated heterocycles. The summed E-state index contributed by atoms with van der Waals surface area (Å²) >= 11 is 0. The van der Waals surface area contributed by atoms with E-state index in [1.165, 1.54) is 0 Å². The Balaban J connectivity index is 2.18. The van der Waals surface area contributed by atoms with Gasteiger partial charge in [-0.1, -0.05) is 54.6 Å². The van der Waals surface area contributed by atoms with Gasteiger partial charge in [0.2, 0.25) is 0 Å². The summed E-state index contributed by atoms with van der Waals surface area (Å²) in [5, 5.41) is 9.14. The van der Waals surface area contributed by atoms with Crippen LogP contribution in [0.25, 0.3) is 11.1 Å². The van der Waals surface area contributed by atoms with E-state index >= 15 is 0 Å². The lowest BCUT2D eigenvalue weighted by molar-refractivity contribution is -0.137. The molecule has 0 unspecified atom stereocenters. The summed E-state index contributed by atoms with van der Waals surface area (Å²) < 4.78 is 10.6. The molecule has 30 heavy (non-hydrogen) atoms. The zero-order chi connectivity index (χ0) is 21.3. The van der Waals surface area contributed by atoms with Crippen LogP contribution in [0.3, 0.4) is 0 Å². The Bertz CT molecular complexity index is 938. The second-order valence-electron chi connectivity index (χ2n) is 6.92. The van der Waals surface area contributed by atoms with Crippen LogP contribution < -0.4 is 9.47 Å². The molecule has 0 aliphatic rings. The molecule has 0 spiro atoms. The summed E-state index contributed by atoms with van der Waals surface area (Å²) in [6.45, 7) is 0. The van der Waals surface area contributed by atoms with Crippen molar-refractivity contribution in [1.82, 2.24) is 0 Å². The molecule has 0 atom stereocenters. The van der Waals surface area contributed by atoms with E-state index < -0.39 is 5.97 Å². The molecule has 0 amide bonds. The smallest absolute Gasteiger partial charge is 0.303 e. The number of hydrogen-bond acceptors (Lipinski definition) is 3. The second-order valence-corrected chi connectivity index (χ2v) is 6.92. The van der Waals surface area contributed by atoms with E-state index in [2.05, 4.69) is 12.1 Å². The van der Waals surface area contributed by atoms with Gasteiger partial charge in [-0.15, -0.1) is 0 Å². The number of rotatable bonds is 9. The summed E-state index contributed by atoms with van der Waals surface area (Å²) in [5.74, 6) is 0.804. The van der Waals surface area contributed by atoms with Crippen LogP contribution in [0.5, 0.6) is 11.5 Å². The van der Waals surface area contributed by atoms with Gasteiger partial charge in [0.1, 0.15) is 11.5 Å². The molecule has 154 valence electrons. The van der Waals surface area contributed by atoms with Gasteiger partial charge < -0.3 is 14.6 Å². The molecule has 3 aromatic carbocycles. The molecule has 1 N–H and O–H groups in total. The van der Waals surface area contributed by atoms with Gasteiger partial charge in [-0.05, 0) is 64.9 Å². The van der Waals surface area contributed by atoms with Crippen LogP contribution in [0.2, 0.25) is 0 Å². The minimum Gasteiger partial charge on any atom is -0.497 e. The van der Waals surface area contributed by atoms with Gasteiger partial charge >= 0.3 is 5.97 Å². The predicted octanol–water partition coefficient (Wildman–Crippen LogP) is 5.92. The quantitative estimate of drug-likeness (QED) is 0.452. The fraction of sp³-hybridized carbons (Fsp3) is 0.192. The standard InChI is InChI=1S/C26H26O4/c1-29-22-15-11-20(12-16-22)26(21-13-17-23(30-2)18-14-21)24(9-6-10-25(27)28)19-7-4-3-5-8-19/h3-5,7-8,11-18H,6,9-10H2,1-2H3,(H,27,28). The van der Waals surface area contributed by atoms with Crippen LogP contribution in [0.15, 0.2) is 78.9 Å². The highest BCUT2D eigenvalue weighted by Crippen LogP contribution is 2.36. The van der Waals surface area contributed by atoms with Crippen LogP contribution in [0, 0.1) is 0 Å². The Morgan fingerprint density at radius 3 is 1.63 bits per heavy atom. The van der Waals surface area contributed by atoms with Gasteiger partial charge in [0.05, 0.1) is 14.2 Å². The van der Waals surface area contributed by atoms with Crippen molar-refractivity contribution in [2.45, 2.75) is 19.3 Å². The van der Waals surface area contributed by atoms with Crippen LogP contribution in [0.4, 0.5) is 0 Å². The van der Waals surface area contributed by atoms with E-state index in [-0.39, 0.29) is 6.42 Å². The van der Waals surface area contributed by atoms with E-state index in [1.54, 1.807) is 14.2 Å². The summed E-state index contributed by atoms with van der Waals surface area (Å²) in [6.07, 6.45) is 1.36. The molecular weight excluding hydrogens is 376 g/mol. The number of methoxy groups -OCH3 is 2. The van der Waals surface area contributed by atoms with Crippen molar-refractivity contribution in [1.29, 1.82) is 0 Å². The maximum Gasteiger partial charge on any atom is 0.303 e. The van der Waals surface area contributed by atoms with Crippen molar-refractivity contribution < 1.29 is 19.4 Å². The molecule has 3 rings (SSSR count). The van der Waals surface area contributed by atoms with Crippen LogP contribution >= 0.6 is 0 Å². The normalized spacial score (nSPS) is 10.3. The Morgan fingerprint density at radius 2 is 1.20 bits per heavy atom. The minimum absolute atomic E-state index is 0.134. The molecule has 4 nitrogen and oxygen atoms in total. The fourth-order valence-corrected chi connectivity index (χ4v) is 3.50. The van der Waals surface area contributed by atoms with Gasteiger partial charge in [0, 0.05) is 6.42 Å². The molecule has 0 aromatic heterocycles. The molecule has 0 saturated carbocycles. The lowest BCUT2D eigenvalue weighted by Crippen LogP contribution is -1.99. The third-order valence-corrected chi connectivity index (χ3v) is 5.00. The highest BCUT2D eigenvalue weighted by Gasteiger charge is 2.15. The summed E-state index contributed by atoms with van der Waals surface area (Å²) in [6, 6.07) is 26.1. The molecule has 0 bridgehead atoms. The number of aliphatic carboxylic acids is 1. The lowest BCUT2D eigenvalue weighted by atomic mass is 9.87. The molecule has 0 aliphatic carbocycles. The van der Waals surface area contributed by atoms with Crippen molar-refractivity contribution in [3.05, 3.63) is 95.6 Å². The van der Waals surface area contributed by atoms with Crippen molar-refractivity contribution in [3.8, 4) is 11.5 Å². The zero-order valence-corrected chi connectivity index (χ0v) is 17.3. The SMILES string of the molecule is COc1ccc(C(=C(CCCC(=O)O)c2ccccc2)c2ccc(OC)cc2)cc1. The summed E-state index contributed by atoms with van der Waals surface area (Å²) in [4.78, 5) is 11.1. The predicted molar refractivity (Wildman–Crippen MR) is 120 cm³/mol. The molecular formula is C26H26O4. The maximum atomic E-state index is 11.1. The third-order valence-electron chi connectivity index (χ3n) is 5.00. The Morgan fingerprint density at radius 1 is 0.700 bits per heavy atom. The van der Waals surface area contributed by atoms with Crippen LogP contribution in [-0.4, -0.2) is 25.3 Å². The number of benzene rings is 3. The zero-order valence-electron chi connectivity index (χ0n) is 17.3. The number of ether oxygens (including phenoxy) is 2. The third kappa shape index (κ3) is 5.29. The topological polar surface area (TPSA) is 55.8 Å². The van der Waals surface area contributed by atoms with E-state index in [0.29, 0.717) is 12.8 Å². The molecule has 0 radical (unpaired) electrons. The highest BCUT2D eigenvalue weighted by molar-refractivity contribution is 5.98. The van der Waals surface area contributed by atoms with E-state index in [4.69, 9.17) is 14.6 Å². The number of carboxylic acid groups (broad SMARTS) is 1. The molecule has 0 heterocycles. The van der Waals surface area contributed by atoms with E-state index in [0.717, 1.165) is 39.3 Å². The van der Waals surface area contributed by atoms with Crippen molar-refractivity contribution in [3.63, 3.8) is 0 Å². The average Bonchev–Trinajstić information content (AvgIpc) is 2.79. The Kier molecular flexibility index (Phi) is 7.28. The van der Waals surface area contributed by atoms with E-state index in [1.807, 2.05) is 66.7 Å². The Hall–Kier alpha value is -3.53. The first kappa shape index (κ1) is 21.2. The molecule has 3 aromatic rings. The van der Waals surface area contributed by atoms with Crippen LogP contribution in [0.1, 0.15) is 36.0 Å². The fourth-order valence-electron chi connectivity index (χ4n) is 3.50. The van der Waals surface area contributed by atoms with Gasteiger partial charge in [0.15, 0.2) is 0 Å². The Labute approximate surface area is 177 Å². The van der Waals surface area contributed by atoms with Gasteiger partial charge in [0.25, 0.3) is 0 Å². The number of allylic oxidation sites excluding steroid dienone is 1. The van der Waals surface area contributed by atoms with Crippen LogP contribution in [-0.2, 0) is 4.79 Å². The molecule has 4 heteroatoms. The monoisotopic (exact) mass is 402 g/mol. The largest absolute Gasteiger partial charge is 0.497 e. The lowest BCUT2D eigenvalue weighted by Gasteiger charge is -2.18. The number of carbonyl (C=O) groups is 1. The summed E-state index contributed by atoms with van der Waals surface area (Å²) in [7, 11) is 3.30. The number of hydrogen-bond donors (Lipinski definition) is 1. The minimum atomic E-state index is -0.780. The summed E-state index contributed by atoms with van der Waals surface area (Å²) in [5.41, 5.74) is 5.39. The van der Waals surface area contributed by atoms with Crippen molar-refractivity contribution in [2.24, 2.45) is 0 Å².